The number of methoxy groups -OCH3 is 2. The van der Waals surface area contributed by atoms with Crippen molar-refractivity contribution < 1.29 is 9.47 Å². The highest BCUT2D eigenvalue weighted by Crippen LogP contribution is 2.21. The Labute approximate surface area is 116 Å². The molecule has 0 atom stereocenters. The first-order valence-electron chi connectivity index (χ1n) is 6.60. The van der Waals surface area contributed by atoms with Crippen molar-refractivity contribution in [1.29, 1.82) is 0 Å². The molecule has 0 spiro atoms. The molecule has 0 bridgehead atoms. The largest absolute Gasteiger partial charge is 0.497 e. The fourth-order valence-electron chi connectivity index (χ4n) is 1.86. The van der Waals surface area contributed by atoms with E-state index < -0.39 is 0 Å². The molecule has 1 rings (SSSR count). The molecule has 0 saturated carbocycles. The first-order chi connectivity index (χ1) is 8.98. The summed E-state index contributed by atoms with van der Waals surface area (Å²) in [7, 11) is 3.38. The standard InChI is InChI=1S/C15H26N2O2/c1-15(2,7-8-18-3)11-17-10-12-5-6-13(19-4)9-14(12)16/h5-6,9,17H,7-8,10-11,16H2,1-4H3. The summed E-state index contributed by atoms with van der Waals surface area (Å²) in [6.07, 6.45) is 1.04. The molecule has 0 saturated heterocycles. The van der Waals surface area contributed by atoms with Gasteiger partial charge in [0, 0.05) is 38.6 Å². The minimum absolute atomic E-state index is 0.219. The third kappa shape index (κ3) is 5.49. The number of hydrogen-bond acceptors (Lipinski definition) is 4. The summed E-state index contributed by atoms with van der Waals surface area (Å²) in [5.41, 5.74) is 8.07. The molecule has 0 heterocycles. The number of rotatable bonds is 8. The average molecular weight is 266 g/mol. The van der Waals surface area contributed by atoms with E-state index in [1.807, 2.05) is 18.2 Å². The fourth-order valence-corrected chi connectivity index (χ4v) is 1.86. The summed E-state index contributed by atoms with van der Waals surface area (Å²) >= 11 is 0. The number of nitrogens with one attached hydrogen (secondary N) is 1. The fraction of sp³-hybridized carbons (Fsp3) is 0.600. The van der Waals surface area contributed by atoms with Gasteiger partial charge < -0.3 is 20.5 Å². The molecule has 0 aliphatic rings. The van der Waals surface area contributed by atoms with Gasteiger partial charge in [-0.1, -0.05) is 19.9 Å². The van der Waals surface area contributed by atoms with E-state index >= 15 is 0 Å². The highest BCUT2D eigenvalue weighted by Gasteiger charge is 2.16. The van der Waals surface area contributed by atoms with Crippen molar-refractivity contribution >= 4 is 5.69 Å². The van der Waals surface area contributed by atoms with Crippen LogP contribution in [-0.2, 0) is 11.3 Å². The van der Waals surface area contributed by atoms with Gasteiger partial charge in [0.2, 0.25) is 0 Å². The normalized spacial score (nSPS) is 11.6. The van der Waals surface area contributed by atoms with Crippen molar-refractivity contribution in [3.05, 3.63) is 23.8 Å². The summed E-state index contributed by atoms with van der Waals surface area (Å²) in [5, 5.41) is 3.45. The molecular formula is C15H26N2O2. The molecule has 1 aromatic carbocycles. The van der Waals surface area contributed by atoms with E-state index in [0.717, 1.165) is 43.1 Å². The second-order valence-electron chi connectivity index (χ2n) is 5.58. The first-order valence-corrected chi connectivity index (χ1v) is 6.60. The molecule has 19 heavy (non-hydrogen) atoms. The molecule has 0 fully saturated rings. The summed E-state index contributed by atoms with van der Waals surface area (Å²) in [5.74, 6) is 0.793. The lowest BCUT2D eigenvalue weighted by Gasteiger charge is -2.24. The Bertz CT molecular complexity index is 392. The van der Waals surface area contributed by atoms with E-state index in [2.05, 4.69) is 19.2 Å². The van der Waals surface area contributed by atoms with Crippen LogP contribution in [0.4, 0.5) is 5.69 Å². The van der Waals surface area contributed by atoms with E-state index in [-0.39, 0.29) is 5.41 Å². The monoisotopic (exact) mass is 266 g/mol. The van der Waals surface area contributed by atoms with Crippen LogP contribution in [0.2, 0.25) is 0 Å². The van der Waals surface area contributed by atoms with Crippen LogP contribution >= 0.6 is 0 Å². The maximum atomic E-state index is 5.99. The molecule has 0 aliphatic heterocycles. The Morgan fingerprint density at radius 3 is 2.58 bits per heavy atom. The van der Waals surface area contributed by atoms with Crippen molar-refractivity contribution in [3.63, 3.8) is 0 Å². The zero-order chi connectivity index (χ0) is 14.3. The molecule has 0 aliphatic carbocycles. The Kier molecular flexibility index (Phi) is 6.12. The van der Waals surface area contributed by atoms with Gasteiger partial charge in [-0.3, -0.25) is 0 Å². The molecule has 0 amide bonds. The molecular weight excluding hydrogens is 240 g/mol. The Balaban J connectivity index is 2.44. The van der Waals surface area contributed by atoms with E-state index in [1.54, 1.807) is 14.2 Å². The molecule has 108 valence electrons. The van der Waals surface area contributed by atoms with Gasteiger partial charge in [-0.25, -0.2) is 0 Å². The van der Waals surface area contributed by atoms with E-state index in [4.69, 9.17) is 15.2 Å². The number of benzene rings is 1. The van der Waals surface area contributed by atoms with Crippen LogP contribution in [0.3, 0.4) is 0 Å². The van der Waals surface area contributed by atoms with Crippen molar-refractivity contribution in [2.75, 3.05) is 33.1 Å². The topological polar surface area (TPSA) is 56.5 Å². The number of anilines is 1. The van der Waals surface area contributed by atoms with Crippen LogP contribution in [0.25, 0.3) is 0 Å². The molecule has 4 heteroatoms. The van der Waals surface area contributed by atoms with Gasteiger partial charge in [0.15, 0.2) is 0 Å². The number of nitrogen functional groups attached to an aromatic ring is 1. The van der Waals surface area contributed by atoms with Crippen LogP contribution in [-0.4, -0.2) is 27.4 Å². The lowest BCUT2D eigenvalue weighted by molar-refractivity contribution is 0.150. The van der Waals surface area contributed by atoms with Crippen LogP contribution in [0.5, 0.6) is 5.75 Å². The maximum absolute atomic E-state index is 5.99. The zero-order valence-electron chi connectivity index (χ0n) is 12.5. The Morgan fingerprint density at radius 1 is 1.26 bits per heavy atom. The predicted molar refractivity (Wildman–Crippen MR) is 79.4 cm³/mol. The second kappa shape index (κ2) is 7.36. The zero-order valence-corrected chi connectivity index (χ0v) is 12.5. The van der Waals surface area contributed by atoms with Gasteiger partial charge >= 0.3 is 0 Å². The van der Waals surface area contributed by atoms with Gasteiger partial charge in [-0.05, 0) is 23.5 Å². The molecule has 0 radical (unpaired) electrons. The van der Waals surface area contributed by atoms with Gasteiger partial charge in [-0.15, -0.1) is 0 Å². The maximum Gasteiger partial charge on any atom is 0.120 e. The second-order valence-corrected chi connectivity index (χ2v) is 5.58. The molecule has 0 aromatic heterocycles. The average Bonchev–Trinajstić information content (AvgIpc) is 2.38. The van der Waals surface area contributed by atoms with Crippen LogP contribution < -0.4 is 15.8 Å². The molecule has 3 N–H and O–H groups in total. The molecule has 4 nitrogen and oxygen atoms in total. The molecule has 0 unspecified atom stereocenters. The van der Waals surface area contributed by atoms with Crippen molar-refractivity contribution in [1.82, 2.24) is 5.32 Å². The van der Waals surface area contributed by atoms with Crippen molar-refractivity contribution in [2.24, 2.45) is 5.41 Å². The minimum atomic E-state index is 0.219. The van der Waals surface area contributed by atoms with Crippen molar-refractivity contribution in [3.8, 4) is 5.75 Å². The Hall–Kier alpha value is -1.26. The SMILES string of the molecule is COCCC(C)(C)CNCc1ccc(OC)cc1N. The van der Waals surface area contributed by atoms with Gasteiger partial charge in [0.25, 0.3) is 0 Å². The third-order valence-electron chi connectivity index (χ3n) is 3.26. The highest BCUT2D eigenvalue weighted by atomic mass is 16.5. The van der Waals surface area contributed by atoms with Crippen LogP contribution in [0.15, 0.2) is 18.2 Å². The smallest absolute Gasteiger partial charge is 0.120 e. The summed E-state index contributed by atoms with van der Waals surface area (Å²) in [6.45, 7) is 6.96. The number of nitrogens with two attached hydrogens (primary N) is 1. The van der Waals surface area contributed by atoms with E-state index in [9.17, 15) is 0 Å². The first kappa shape index (κ1) is 15.8. The summed E-state index contributed by atoms with van der Waals surface area (Å²) < 4.78 is 10.3. The number of hydrogen-bond donors (Lipinski definition) is 2. The van der Waals surface area contributed by atoms with Crippen molar-refractivity contribution in [2.45, 2.75) is 26.8 Å². The lowest BCUT2D eigenvalue weighted by atomic mass is 9.89. The third-order valence-corrected chi connectivity index (χ3v) is 3.26. The Morgan fingerprint density at radius 2 is 2.00 bits per heavy atom. The van der Waals surface area contributed by atoms with Crippen LogP contribution in [0.1, 0.15) is 25.8 Å². The number of ether oxygens (including phenoxy) is 2. The highest BCUT2D eigenvalue weighted by molar-refractivity contribution is 5.51. The van der Waals surface area contributed by atoms with E-state index in [1.165, 1.54) is 0 Å². The lowest BCUT2D eigenvalue weighted by Crippen LogP contribution is -2.30. The molecule has 1 aromatic rings. The van der Waals surface area contributed by atoms with E-state index in [0.29, 0.717) is 0 Å². The van der Waals surface area contributed by atoms with Gasteiger partial charge in [0.1, 0.15) is 5.75 Å². The summed E-state index contributed by atoms with van der Waals surface area (Å²) in [4.78, 5) is 0. The van der Waals surface area contributed by atoms with Crippen LogP contribution in [0, 0.1) is 5.41 Å². The van der Waals surface area contributed by atoms with Gasteiger partial charge in [0.05, 0.1) is 7.11 Å². The minimum Gasteiger partial charge on any atom is -0.497 e. The quantitative estimate of drug-likeness (QED) is 0.710. The summed E-state index contributed by atoms with van der Waals surface area (Å²) in [6, 6.07) is 5.79. The predicted octanol–water partition coefficient (Wildman–Crippen LogP) is 2.43. The van der Waals surface area contributed by atoms with Gasteiger partial charge in [-0.2, -0.15) is 0 Å².